The van der Waals surface area contributed by atoms with Crippen molar-refractivity contribution in [2.75, 3.05) is 0 Å². The van der Waals surface area contributed by atoms with Crippen molar-refractivity contribution in [1.29, 1.82) is 0 Å². The van der Waals surface area contributed by atoms with Crippen molar-refractivity contribution in [3.63, 3.8) is 0 Å². The van der Waals surface area contributed by atoms with Gasteiger partial charge in [0.25, 0.3) is 0 Å². The molecule has 0 saturated carbocycles. The first-order valence-electron chi connectivity index (χ1n) is 17.9. The largest absolute Gasteiger partial charge is 0.456 e. The molecule has 0 N–H and O–H groups in total. The second-order valence-electron chi connectivity index (χ2n) is 13.6. The number of nitrogens with zero attached hydrogens (tertiary/aromatic N) is 3. The van der Waals surface area contributed by atoms with Crippen LogP contribution in [0.15, 0.2) is 180 Å². The summed E-state index contributed by atoms with van der Waals surface area (Å²) < 4.78 is 6.60. The fourth-order valence-electron chi connectivity index (χ4n) is 8.08. The van der Waals surface area contributed by atoms with E-state index in [1.807, 2.05) is 36.4 Å². The third-order valence-corrected chi connectivity index (χ3v) is 10.5. The lowest BCUT2D eigenvalue weighted by Crippen LogP contribution is -2.01. The van der Waals surface area contributed by atoms with Crippen LogP contribution in [0.4, 0.5) is 0 Å². The Hall–Kier alpha value is -7.17. The van der Waals surface area contributed by atoms with E-state index in [0.717, 1.165) is 66.3 Å². The maximum Gasteiger partial charge on any atom is 0.164 e. The van der Waals surface area contributed by atoms with E-state index in [2.05, 4.69) is 140 Å². The lowest BCUT2D eigenvalue weighted by Gasteiger charge is -2.14. The van der Waals surface area contributed by atoms with Gasteiger partial charge in [0.2, 0.25) is 0 Å². The Bertz CT molecular complexity index is 3060. The number of furan rings is 1. The number of rotatable bonds is 5. The Balaban J connectivity index is 1.20. The van der Waals surface area contributed by atoms with E-state index in [1.54, 1.807) is 0 Å². The van der Waals surface area contributed by atoms with E-state index >= 15 is 0 Å². The fourth-order valence-corrected chi connectivity index (χ4v) is 8.08. The molecule has 4 heteroatoms. The van der Waals surface area contributed by atoms with E-state index in [0.29, 0.717) is 17.5 Å². The van der Waals surface area contributed by atoms with Gasteiger partial charge in [-0.1, -0.05) is 146 Å². The van der Waals surface area contributed by atoms with E-state index in [-0.39, 0.29) is 0 Å². The highest BCUT2D eigenvalue weighted by atomic mass is 16.3. The molecule has 0 fully saturated rings. The Labute approximate surface area is 305 Å². The quantitative estimate of drug-likeness (QED) is 0.182. The summed E-state index contributed by atoms with van der Waals surface area (Å²) in [6.45, 7) is 0. The molecule has 2 aromatic heterocycles. The van der Waals surface area contributed by atoms with Crippen LogP contribution in [-0.2, 0) is 0 Å². The van der Waals surface area contributed by atoms with Crippen molar-refractivity contribution in [2.45, 2.75) is 0 Å². The van der Waals surface area contributed by atoms with Crippen LogP contribution >= 0.6 is 0 Å². The molecule has 1 aliphatic carbocycles. The zero-order valence-electron chi connectivity index (χ0n) is 28.5. The summed E-state index contributed by atoms with van der Waals surface area (Å²) in [6.07, 6.45) is 0. The number of para-hydroxylation sites is 1. The van der Waals surface area contributed by atoms with Crippen LogP contribution < -0.4 is 0 Å². The van der Waals surface area contributed by atoms with Crippen LogP contribution in [0.2, 0.25) is 0 Å². The van der Waals surface area contributed by atoms with Crippen molar-refractivity contribution >= 4 is 32.7 Å². The maximum absolute atomic E-state index is 6.60. The topological polar surface area (TPSA) is 51.8 Å². The van der Waals surface area contributed by atoms with Crippen molar-refractivity contribution in [1.82, 2.24) is 15.0 Å². The van der Waals surface area contributed by atoms with Crippen LogP contribution in [0, 0.1) is 0 Å². The average molecular weight is 676 g/mol. The van der Waals surface area contributed by atoms with Crippen molar-refractivity contribution in [2.24, 2.45) is 0 Å². The van der Waals surface area contributed by atoms with Gasteiger partial charge in [-0.3, -0.25) is 0 Å². The van der Waals surface area contributed by atoms with Crippen LogP contribution in [0.3, 0.4) is 0 Å². The Kier molecular flexibility index (Phi) is 6.52. The molecule has 4 nitrogen and oxygen atoms in total. The number of hydrogen-bond acceptors (Lipinski definition) is 4. The smallest absolute Gasteiger partial charge is 0.164 e. The minimum Gasteiger partial charge on any atom is -0.456 e. The molecule has 0 bridgehead atoms. The van der Waals surface area contributed by atoms with Gasteiger partial charge in [0.15, 0.2) is 17.5 Å². The predicted octanol–water partition coefficient (Wildman–Crippen LogP) is 12.9. The molecule has 0 radical (unpaired) electrons. The van der Waals surface area contributed by atoms with Gasteiger partial charge in [-0.15, -0.1) is 0 Å². The van der Waals surface area contributed by atoms with Gasteiger partial charge < -0.3 is 4.42 Å². The first-order chi connectivity index (χ1) is 26.3. The van der Waals surface area contributed by atoms with Crippen molar-refractivity contribution in [3.8, 4) is 78.7 Å². The van der Waals surface area contributed by atoms with Crippen molar-refractivity contribution in [3.05, 3.63) is 176 Å². The highest BCUT2D eigenvalue weighted by Crippen LogP contribution is 2.49. The zero-order chi connectivity index (χ0) is 34.9. The third-order valence-electron chi connectivity index (χ3n) is 10.5. The first kappa shape index (κ1) is 29.5. The monoisotopic (exact) mass is 675 g/mol. The van der Waals surface area contributed by atoms with Gasteiger partial charge in [-0.2, -0.15) is 0 Å². The molecule has 0 atom stereocenters. The third kappa shape index (κ3) is 4.73. The molecule has 1 aliphatic rings. The summed E-state index contributed by atoms with van der Waals surface area (Å²) >= 11 is 0. The van der Waals surface area contributed by atoms with Gasteiger partial charge >= 0.3 is 0 Å². The average Bonchev–Trinajstić information content (AvgIpc) is 3.77. The number of hydrogen-bond donors (Lipinski definition) is 0. The van der Waals surface area contributed by atoms with Crippen LogP contribution in [-0.4, -0.2) is 15.0 Å². The van der Waals surface area contributed by atoms with Gasteiger partial charge in [-0.25, -0.2) is 15.0 Å². The van der Waals surface area contributed by atoms with E-state index < -0.39 is 0 Å². The first-order valence-corrected chi connectivity index (χ1v) is 17.9. The molecule has 11 rings (SSSR count). The molecular weight excluding hydrogens is 647 g/mol. The van der Waals surface area contributed by atoms with Gasteiger partial charge in [-0.05, 0) is 85.6 Å². The van der Waals surface area contributed by atoms with Crippen LogP contribution in [0.5, 0.6) is 0 Å². The summed E-state index contributed by atoms with van der Waals surface area (Å²) in [6, 6.07) is 61.5. The standard InChI is InChI=1S/C49H29N3O/c1-3-14-30(15-4-1)35-19-7-8-20-36(35)33-27-42(46-40-23-11-12-25-43(40)53-44(46)29-33)49-51-47(31-16-5-2-6-17-31)50-48(52-49)34-26-32-18-13-24-39-37-21-9-10-22-38(37)41(28-34)45(32)39/h1-29H. The Morgan fingerprint density at radius 3 is 1.64 bits per heavy atom. The summed E-state index contributed by atoms with van der Waals surface area (Å²) in [4.78, 5) is 15.8. The second kappa shape index (κ2) is 11.7. The molecule has 0 amide bonds. The molecule has 8 aromatic carbocycles. The molecule has 0 unspecified atom stereocenters. The van der Waals surface area contributed by atoms with Gasteiger partial charge in [0.05, 0.1) is 0 Å². The molecule has 2 heterocycles. The number of benzene rings is 8. The summed E-state index contributed by atoms with van der Waals surface area (Å²) in [5, 5.41) is 4.43. The highest BCUT2D eigenvalue weighted by molar-refractivity contribution is 6.17. The molecule has 0 spiro atoms. The number of fused-ring (bicyclic) bond motifs is 6. The maximum atomic E-state index is 6.60. The summed E-state index contributed by atoms with van der Waals surface area (Å²) in [7, 11) is 0. The normalized spacial score (nSPS) is 11.8. The van der Waals surface area contributed by atoms with E-state index in [4.69, 9.17) is 19.4 Å². The molecular formula is C49H29N3O. The molecule has 10 aromatic rings. The Morgan fingerprint density at radius 1 is 0.302 bits per heavy atom. The molecule has 0 saturated heterocycles. The molecule has 53 heavy (non-hydrogen) atoms. The van der Waals surface area contributed by atoms with E-state index in [9.17, 15) is 0 Å². The van der Waals surface area contributed by atoms with Crippen LogP contribution in [0.25, 0.3) is 111 Å². The lowest BCUT2D eigenvalue weighted by molar-refractivity contribution is 0.669. The Morgan fingerprint density at radius 2 is 0.868 bits per heavy atom. The van der Waals surface area contributed by atoms with Crippen molar-refractivity contribution < 1.29 is 4.42 Å². The minimum absolute atomic E-state index is 0.593. The minimum atomic E-state index is 0.593. The van der Waals surface area contributed by atoms with Gasteiger partial charge in [0.1, 0.15) is 11.2 Å². The molecule has 0 aliphatic heterocycles. The summed E-state index contributed by atoms with van der Waals surface area (Å²) in [5.41, 5.74) is 13.8. The predicted molar refractivity (Wildman–Crippen MR) is 216 cm³/mol. The van der Waals surface area contributed by atoms with E-state index in [1.165, 1.54) is 27.6 Å². The van der Waals surface area contributed by atoms with Gasteiger partial charge in [0, 0.05) is 27.5 Å². The molecule has 246 valence electrons. The highest BCUT2D eigenvalue weighted by Gasteiger charge is 2.24. The number of aromatic nitrogens is 3. The fraction of sp³-hybridized carbons (Fsp3) is 0. The SMILES string of the molecule is c1ccc(-c2nc(-c3cc4c5c(cccc5c3)-c3ccccc3-4)nc(-c3cc(-c4ccccc4-c4ccccc4)cc4oc5ccccc5c34)n2)cc1. The second-order valence-corrected chi connectivity index (χ2v) is 13.6. The lowest BCUT2D eigenvalue weighted by atomic mass is 9.92. The summed E-state index contributed by atoms with van der Waals surface area (Å²) in [5.74, 6) is 1.83. The zero-order valence-corrected chi connectivity index (χ0v) is 28.5. The van der Waals surface area contributed by atoms with Crippen LogP contribution in [0.1, 0.15) is 0 Å².